The molecule has 218 valence electrons. The van der Waals surface area contributed by atoms with Crippen molar-refractivity contribution in [1.82, 2.24) is 4.90 Å². The van der Waals surface area contributed by atoms with Crippen LogP contribution in [0.15, 0.2) is 30.3 Å². The summed E-state index contributed by atoms with van der Waals surface area (Å²) < 4.78 is 47.5. The molecule has 0 radical (unpaired) electrons. The third-order valence-corrected chi connectivity index (χ3v) is 6.93. The molecule has 0 aromatic heterocycles. The van der Waals surface area contributed by atoms with E-state index in [1.54, 1.807) is 0 Å². The van der Waals surface area contributed by atoms with E-state index in [1.165, 1.54) is 5.56 Å². The van der Waals surface area contributed by atoms with Crippen molar-refractivity contribution in [3.63, 3.8) is 0 Å². The number of rotatable bonds is 2. The van der Waals surface area contributed by atoms with Gasteiger partial charge in [0.1, 0.15) is 12.2 Å². The average molecular weight is 540 g/mol. The molecule has 0 amide bonds. The Morgan fingerprint density at radius 1 is 0.658 bits per heavy atom. The Labute approximate surface area is 228 Å². The number of ether oxygens (including phenoxy) is 8. The van der Waals surface area contributed by atoms with Gasteiger partial charge in [-0.15, -0.1) is 0 Å². The van der Waals surface area contributed by atoms with Crippen LogP contribution in [0.5, 0.6) is 0 Å². The van der Waals surface area contributed by atoms with Crippen LogP contribution >= 0.6 is 0 Å². The maximum atomic E-state index is 6.33. The van der Waals surface area contributed by atoms with E-state index in [-0.39, 0.29) is 17.6 Å². The van der Waals surface area contributed by atoms with Gasteiger partial charge in [0.2, 0.25) is 0 Å². The largest absolute Gasteiger partial charge is 0.378 e. The molecule has 0 saturated carbocycles. The monoisotopic (exact) mass is 539 g/mol. The molecule has 3 rings (SSSR count). The summed E-state index contributed by atoms with van der Waals surface area (Å²) in [6.45, 7) is 17.1. The summed E-state index contributed by atoms with van der Waals surface area (Å²) in [6.07, 6.45) is -0.422. The van der Waals surface area contributed by atoms with Crippen molar-refractivity contribution >= 4 is 0 Å². The summed E-state index contributed by atoms with van der Waals surface area (Å²) in [4.78, 5) is 2.35. The van der Waals surface area contributed by atoms with Crippen LogP contribution in [0.2, 0.25) is 0 Å². The maximum Gasteiger partial charge on any atom is 0.171 e. The lowest BCUT2D eigenvalue weighted by atomic mass is 9.87. The molecule has 0 N–H and O–H groups in total. The molecule has 2 atom stereocenters. The Balaban J connectivity index is 1.45. The standard InChI is InChI=1S/C29H49NO8/c1-28(2,3)29(4)37-26-23-35-20-18-33-16-14-31-12-10-30(22-25-8-6-5-7-9-25)11-13-32-15-17-34-19-21-36-24-27(26)38-29/h5-9,26-27H,10-24H2,1-4H3/t26-,27-/m0/s1. The Bertz CT molecular complexity index is 712. The van der Waals surface area contributed by atoms with Crippen LogP contribution < -0.4 is 0 Å². The normalized spacial score (nSPS) is 26.9. The highest BCUT2D eigenvalue weighted by Gasteiger charge is 2.51. The number of nitrogens with zero attached hydrogens (tertiary/aromatic N) is 1. The van der Waals surface area contributed by atoms with Gasteiger partial charge in [0.05, 0.1) is 79.3 Å². The highest BCUT2D eigenvalue weighted by atomic mass is 16.8. The van der Waals surface area contributed by atoms with Gasteiger partial charge in [-0.2, -0.15) is 0 Å². The molecule has 9 nitrogen and oxygen atoms in total. The van der Waals surface area contributed by atoms with Crippen molar-refractivity contribution in [1.29, 1.82) is 0 Å². The summed E-state index contributed by atoms with van der Waals surface area (Å²) >= 11 is 0. The second-order valence-electron chi connectivity index (χ2n) is 10.9. The SMILES string of the molecule is CC(C)(C)C1(C)O[C@H]2COCCOCCOCCN(Cc3ccccc3)CCOCCOCCOC[C@@H]2O1. The van der Waals surface area contributed by atoms with Gasteiger partial charge in [0, 0.05) is 25.0 Å². The van der Waals surface area contributed by atoms with Gasteiger partial charge in [0.25, 0.3) is 0 Å². The Kier molecular flexibility index (Phi) is 13.9. The molecular formula is C29H49NO8. The number of benzene rings is 1. The number of fused-ring (bicyclic) bond motifs is 1. The van der Waals surface area contributed by atoms with E-state index in [4.69, 9.17) is 37.9 Å². The first-order chi connectivity index (χ1) is 18.4. The lowest BCUT2D eigenvalue weighted by molar-refractivity contribution is -0.228. The molecule has 0 bridgehead atoms. The van der Waals surface area contributed by atoms with Crippen molar-refractivity contribution in [2.45, 2.75) is 52.2 Å². The van der Waals surface area contributed by atoms with E-state index in [9.17, 15) is 0 Å². The predicted molar refractivity (Wildman–Crippen MR) is 144 cm³/mol. The molecule has 1 aromatic carbocycles. The Hall–Kier alpha value is -1.14. The smallest absolute Gasteiger partial charge is 0.171 e. The summed E-state index contributed by atoms with van der Waals surface area (Å²) in [5.74, 6) is -0.710. The lowest BCUT2D eigenvalue weighted by Crippen LogP contribution is -2.42. The van der Waals surface area contributed by atoms with Crippen LogP contribution in [0.3, 0.4) is 0 Å². The molecule has 2 fully saturated rings. The molecule has 2 aliphatic heterocycles. The van der Waals surface area contributed by atoms with Crippen molar-refractivity contribution in [2.75, 3.05) is 92.4 Å². The minimum Gasteiger partial charge on any atom is -0.378 e. The molecular weight excluding hydrogens is 490 g/mol. The van der Waals surface area contributed by atoms with Crippen LogP contribution in [0, 0.1) is 5.41 Å². The third kappa shape index (κ3) is 11.2. The summed E-state index contributed by atoms with van der Waals surface area (Å²) in [6, 6.07) is 10.5. The van der Waals surface area contributed by atoms with Gasteiger partial charge < -0.3 is 37.9 Å². The van der Waals surface area contributed by atoms with Crippen molar-refractivity contribution in [3.05, 3.63) is 35.9 Å². The van der Waals surface area contributed by atoms with Gasteiger partial charge in [-0.3, -0.25) is 4.90 Å². The van der Waals surface area contributed by atoms with Crippen LogP contribution in [0.4, 0.5) is 0 Å². The van der Waals surface area contributed by atoms with E-state index in [1.807, 2.05) is 13.0 Å². The quantitative estimate of drug-likeness (QED) is 0.563. The minimum atomic E-state index is -0.710. The maximum absolute atomic E-state index is 6.33. The predicted octanol–water partition coefficient (Wildman–Crippen LogP) is 3.15. The molecule has 2 saturated heterocycles. The first-order valence-corrected chi connectivity index (χ1v) is 14.0. The Morgan fingerprint density at radius 2 is 1.08 bits per heavy atom. The molecule has 1 aromatic rings. The summed E-state index contributed by atoms with van der Waals surface area (Å²) in [5.41, 5.74) is 1.09. The number of hydrogen-bond donors (Lipinski definition) is 0. The van der Waals surface area contributed by atoms with Gasteiger partial charge >= 0.3 is 0 Å². The summed E-state index contributed by atoms with van der Waals surface area (Å²) in [7, 11) is 0. The molecule has 2 aliphatic rings. The molecule has 38 heavy (non-hydrogen) atoms. The van der Waals surface area contributed by atoms with Crippen LogP contribution in [0.25, 0.3) is 0 Å². The number of hydrogen-bond acceptors (Lipinski definition) is 9. The second-order valence-corrected chi connectivity index (χ2v) is 10.9. The average Bonchev–Trinajstić information content (AvgIpc) is 3.22. The second kappa shape index (κ2) is 16.8. The molecule has 0 aliphatic carbocycles. The van der Waals surface area contributed by atoms with E-state index < -0.39 is 5.79 Å². The van der Waals surface area contributed by atoms with E-state index in [0.29, 0.717) is 79.3 Å². The zero-order chi connectivity index (χ0) is 27.1. The van der Waals surface area contributed by atoms with Crippen LogP contribution in [-0.2, 0) is 44.4 Å². The molecule has 2 heterocycles. The molecule has 0 unspecified atom stereocenters. The highest BCUT2D eigenvalue weighted by molar-refractivity contribution is 5.14. The highest BCUT2D eigenvalue weighted by Crippen LogP contribution is 2.42. The van der Waals surface area contributed by atoms with Crippen LogP contribution in [-0.4, -0.2) is 115 Å². The topological polar surface area (TPSA) is 77.1 Å². The molecule has 9 heteroatoms. The first-order valence-electron chi connectivity index (χ1n) is 14.0. The van der Waals surface area contributed by atoms with Gasteiger partial charge in [0.15, 0.2) is 5.79 Å². The minimum absolute atomic E-state index is 0.187. The zero-order valence-electron chi connectivity index (χ0n) is 23.9. The van der Waals surface area contributed by atoms with Crippen molar-refractivity contribution in [3.8, 4) is 0 Å². The van der Waals surface area contributed by atoms with E-state index in [0.717, 1.165) is 19.6 Å². The third-order valence-electron chi connectivity index (χ3n) is 6.93. The van der Waals surface area contributed by atoms with Gasteiger partial charge in [-0.25, -0.2) is 0 Å². The van der Waals surface area contributed by atoms with E-state index in [2.05, 4.69) is 49.9 Å². The fourth-order valence-electron chi connectivity index (χ4n) is 4.17. The fourth-order valence-corrected chi connectivity index (χ4v) is 4.17. The summed E-state index contributed by atoms with van der Waals surface area (Å²) in [5, 5.41) is 0. The van der Waals surface area contributed by atoms with Crippen molar-refractivity contribution in [2.24, 2.45) is 5.41 Å². The zero-order valence-corrected chi connectivity index (χ0v) is 23.9. The molecule has 0 spiro atoms. The lowest BCUT2D eigenvalue weighted by Gasteiger charge is -2.36. The Morgan fingerprint density at radius 3 is 1.53 bits per heavy atom. The van der Waals surface area contributed by atoms with Crippen molar-refractivity contribution < 1.29 is 37.9 Å². The van der Waals surface area contributed by atoms with Crippen LogP contribution in [0.1, 0.15) is 33.3 Å². The fraction of sp³-hybridized carbons (Fsp3) is 0.793. The van der Waals surface area contributed by atoms with Gasteiger partial charge in [-0.1, -0.05) is 51.1 Å². The first kappa shape index (κ1) is 31.4. The van der Waals surface area contributed by atoms with Gasteiger partial charge in [-0.05, 0) is 12.5 Å². The van der Waals surface area contributed by atoms with E-state index >= 15 is 0 Å².